The third-order valence-electron chi connectivity index (χ3n) is 5.10. The quantitative estimate of drug-likeness (QED) is 0.672. The Bertz CT molecular complexity index is 570. The molecule has 0 radical (unpaired) electrons. The predicted octanol–water partition coefficient (Wildman–Crippen LogP) is 2.58. The summed E-state index contributed by atoms with van der Waals surface area (Å²) >= 11 is 0. The van der Waals surface area contributed by atoms with Gasteiger partial charge in [-0.3, -0.25) is 15.0 Å². The molecule has 2 fully saturated rings. The van der Waals surface area contributed by atoms with Crippen LogP contribution in [0.3, 0.4) is 0 Å². The first-order chi connectivity index (χ1) is 10.6. The number of nitro groups is 1. The Morgan fingerprint density at radius 3 is 2.83 bits per heavy atom. The van der Waals surface area contributed by atoms with Crippen LogP contribution in [-0.2, 0) is 6.54 Å². The number of benzene rings is 1. The third kappa shape index (κ3) is 3.76. The molecule has 3 atom stereocenters. The van der Waals surface area contributed by atoms with Gasteiger partial charge in [0.15, 0.2) is 0 Å². The van der Waals surface area contributed by atoms with Gasteiger partial charge in [0.1, 0.15) is 5.75 Å². The van der Waals surface area contributed by atoms with Crippen molar-refractivity contribution in [2.75, 3.05) is 20.2 Å². The lowest BCUT2D eigenvalue weighted by Gasteiger charge is -2.29. The molecule has 128 valence electrons. The van der Waals surface area contributed by atoms with E-state index in [4.69, 9.17) is 10.5 Å². The van der Waals surface area contributed by atoms with Crippen molar-refractivity contribution in [3.63, 3.8) is 0 Å². The normalized spacial score (nSPS) is 27.1. The van der Waals surface area contributed by atoms with Crippen LogP contribution in [0.5, 0.6) is 5.75 Å². The standard InChI is InChI=1S/C16H23N3O3.ClH/c1-22-16-6-5-13(19(20)21)7-12(16)9-18-8-11-3-2-4-15(17)14(11)10-18;/h5-7,11,14-15H,2-4,8-10,17H2,1H3;1H. The van der Waals surface area contributed by atoms with Gasteiger partial charge in [-0.25, -0.2) is 0 Å². The van der Waals surface area contributed by atoms with Gasteiger partial charge in [0.05, 0.1) is 12.0 Å². The van der Waals surface area contributed by atoms with Gasteiger partial charge in [-0.2, -0.15) is 0 Å². The van der Waals surface area contributed by atoms with Crippen molar-refractivity contribution in [2.45, 2.75) is 31.8 Å². The number of hydrogen-bond donors (Lipinski definition) is 1. The Hall–Kier alpha value is -1.37. The predicted molar refractivity (Wildman–Crippen MR) is 91.0 cm³/mol. The van der Waals surface area contributed by atoms with Gasteiger partial charge >= 0.3 is 0 Å². The first kappa shape index (κ1) is 18.0. The van der Waals surface area contributed by atoms with Crippen LogP contribution in [0.2, 0.25) is 0 Å². The van der Waals surface area contributed by atoms with E-state index >= 15 is 0 Å². The van der Waals surface area contributed by atoms with E-state index in [0.717, 1.165) is 25.1 Å². The number of fused-ring (bicyclic) bond motifs is 1. The van der Waals surface area contributed by atoms with E-state index in [0.29, 0.717) is 30.2 Å². The van der Waals surface area contributed by atoms with E-state index in [2.05, 4.69) is 4.90 Å². The van der Waals surface area contributed by atoms with E-state index in [1.165, 1.54) is 18.9 Å². The van der Waals surface area contributed by atoms with E-state index in [-0.39, 0.29) is 23.0 Å². The number of nitro benzene ring substituents is 1. The Morgan fingerprint density at radius 2 is 2.17 bits per heavy atom. The number of non-ortho nitro benzene ring substituents is 1. The molecule has 0 aromatic heterocycles. The fourth-order valence-corrected chi connectivity index (χ4v) is 3.98. The lowest BCUT2D eigenvalue weighted by Crippen LogP contribution is -2.38. The maximum absolute atomic E-state index is 11.0. The number of nitrogens with zero attached hydrogens (tertiary/aromatic N) is 2. The molecule has 1 saturated carbocycles. The summed E-state index contributed by atoms with van der Waals surface area (Å²) in [4.78, 5) is 13.0. The molecule has 0 spiro atoms. The molecule has 2 aliphatic rings. The van der Waals surface area contributed by atoms with Crippen LogP contribution in [0.1, 0.15) is 24.8 Å². The van der Waals surface area contributed by atoms with Gasteiger partial charge in [0.2, 0.25) is 0 Å². The zero-order chi connectivity index (χ0) is 15.7. The maximum atomic E-state index is 11.0. The highest BCUT2D eigenvalue weighted by atomic mass is 35.5. The Labute approximate surface area is 142 Å². The van der Waals surface area contributed by atoms with Gasteiger partial charge in [-0.05, 0) is 30.7 Å². The fraction of sp³-hybridized carbons (Fsp3) is 0.625. The number of hydrogen-bond acceptors (Lipinski definition) is 5. The summed E-state index contributed by atoms with van der Waals surface area (Å²) in [5.41, 5.74) is 7.25. The average molecular weight is 342 g/mol. The first-order valence-electron chi connectivity index (χ1n) is 7.87. The molecule has 0 bridgehead atoms. The van der Waals surface area contributed by atoms with Crippen LogP contribution in [0.15, 0.2) is 18.2 Å². The molecule has 7 heteroatoms. The molecule has 6 nitrogen and oxygen atoms in total. The third-order valence-corrected chi connectivity index (χ3v) is 5.10. The molecule has 1 aromatic rings. The molecular weight excluding hydrogens is 318 g/mol. The molecule has 3 rings (SSSR count). The smallest absolute Gasteiger partial charge is 0.270 e. The summed E-state index contributed by atoms with van der Waals surface area (Å²) in [5.74, 6) is 1.96. The minimum Gasteiger partial charge on any atom is -0.496 e. The SMILES string of the molecule is COc1ccc([N+](=O)[O-])cc1CN1CC2CCCC(N)C2C1.Cl. The van der Waals surface area contributed by atoms with Crippen molar-refractivity contribution in [1.29, 1.82) is 0 Å². The molecule has 0 amide bonds. The first-order valence-corrected chi connectivity index (χ1v) is 7.87. The van der Waals surface area contributed by atoms with Crippen LogP contribution in [0, 0.1) is 22.0 Å². The second kappa shape index (κ2) is 7.47. The Morgan fingerprint density at radius 1 is 1.39 bits per heavy atom. The number of halogens is 1. The van der Waals surface area contributed by atoms with Gasteiger partial charge in [0, 0.05) is 43.4 Å². The van der Waals surface area contributed by atoms with Gasteiger partial charge in [0.25, 0.3) is 5.69 Å². The summed E-state index contributed by atoms with van der Waals surface area (Å²) in [6.07, 6.45) is 3.59. The van der Waals surface area contributed by atoms with Crippen LogP contribution in [0.25, 0.3) is 0 Å². The van der Waals surface area contributed by atoms with Crippen molar-refractivity contribution < 1.29 is 9.66 Å². The van der Waals surface area contributed by atoms with E-state index < -0.39 is 0 Å². The molecular formula is C16H24ClN3O3. The van der Waals surface area contributed by atoms with Crippen LogP contribution < -0.4 is 10.5 Å². The summed E-state index contributed by atoms with van der Waals surface area (Å²) in [5, 5.41) is 11.0. The Balaban J connectivity index is 0.00000192. The summed E-state index contributed by atoms with van der Waals surface area (Å²) < 4.78 is 5.36. The number of rotatable bonds is 4. The number of likely N-dealkylation sites (tertiary alicyclic amines) is 1. The Kier molecular flexibility index (Phi) is 5.84. The zero-order valence-corrected chi connectivity index (χ0v) is 14.1. The summed E-state index contributed by atoms with van der Waals surface area (Å²) in [7, 11) is 1.60. The maximum Gasteiger partial charge on any atom is 0.270 e. The van der Waals surface area contributed by atoms with Crippen molar-refractivity contribution in [1.82, 2.24) is 4.90 Å². The highest BCUT2D eigenvalue weighted by Crippen LogP contribution is 2.37. The summed E-state index contributed by atoms with van der Waals surface area (Å²) in [6, 6.07) is 5.10. The average Bonchev–Trinajstić information content (AvgIpc) is 2.91. The number of ether oxygens (including phenoxy) is 1. The lowest BCUT2D eigenvalue weighted by molar-refractivity contribution is -0.384. The topological polar surface area (TPSA) is 81.6 Å². The van der Waals surface area contributed by atoms with E-state index in [1.54, 1.807) is 19.2 Å². The highest BCUT2D eigenvalue weighted by Gasteiger charge is 2.38. The van der Waals surface area contributed by atoms with Crippen molar-refractivity contribution >= 4 is 18.1 Å². The summed E-state index contributed by atoms with van der Waals surface area (Å²) in [6.45, 7) is 2.70. The second-order valence-corrected chi connectivity index (χ2v) is 6.47. The zero-order valence-electron chi connectivity index (χ0n) is 13.3. The van der Waals surface area contributed by atoms with Crippen LogP contribution in [0.4, 0.5) is 5.69 Å². The second-order valence-electron chi connectivity index (χ2n) is 6.47. The highest BCUT2D eigenvalue weighted by molar-refractivity contribution is 5.85. The largest absolute Gasteiger partial charge is 0.496 e. The molecule has 3 unspecified atom stereocenters. The molecule has 1 aliphatic heterocycles. The molecule has 1 aromatic carbocycles. The lowest BCUT2D eigenvalue weighted by atomic mass is 9.78. The van der Waals surface area contributed by atoms with E-state index in [9.17, 15) is 10.1 Å². The van der Waals surface area contributed by atoms with Gasteiger partial charge in [-0.15, -0.1) is 12.4 Å². The fourth-order valence-electron chi connectivity index (χ4n) is 3.98. The molecule has 2 N–H and O–H groups in total. The van der Waals surface area contributed by atoms with Gasteiger partial charge < -0.3 is 10.5 Å². The number of methoxy groups -OCH3 is 1. The molecule has 1 heterocycles. The van der Waals surface area contributed by atoms with E-state index in [1.807, 2.05) is 0 Å². The van der Waals surface area contributed by atoms with Crippen molar-refractivity contribution in [3.05, 3.63) is 33.9 Å². The van der Waals surface area contributed by atoms with Crippen LogP contribution in [-0.4, -0.2) is 36.1 Å². The minimum atomic E-state index is -0.359. The van der Waals surface area contributed by atoms with Crippen LogP contribution >= 0.6 is 12.4 Å². The van der Waals surface area contributed by atoms with Crippen molar-refractivity contribution in [3.8, 4) is 5.75 Å². The molecule has 1 saturated heterocycles. The molecule has 23 heavy (non-hydrogen) atoms. The van der Waals surface area contributed by atoms with Gasteiger partial charge in [-0.1, -0.05) is 6.42 Å². The number of nitrogens with two attached hydrogens (primary N) is 1. The monoisotopic (exact) mass is 341 g/mol. The van der Waals surface area contributed by atoms with Crippen molar-refractivity contribution in [2.24, 2.45) is 17.6 Å². The molecule has 1 aliphatic carbocycles. The minimum absolute atomic E-state index is 0.